The average Bonchev–Trinajstić information content (AvgIpc) is 3.35. The van der Waals surface area contributed by atoms with Crippen LogP contribution in [0, 0.1) is 5.92 Å². The van der Waals surface area contributed by atoms with Crippen molar-refractivity contribution in [1.82, 2.24) is 24.9 Å². The van der Waals surface area contributed by atoms with Gasteiger partial charge in [-0.05, 0) is 37.9 Å². The maximum absolute atomic E-state index is 13.1. The molecule has 0 unspecified atom stereocenters. The van der Waals surface area contributed by atoms with Crippen molar-refractivity contribution in [3.63, 3.8) is 0 Å². The van der Waals surface area contributed by atoms with Crippen molar-refractivity contribution in [2.24, 2.45) is 5.92 Å². The monoisotopic (exact) mass is 470 g/mol. The minimum Gasteiger partial charge on any atom is -0.340 e. The molecule has 3 heterocycles. The number of rotatable bonds is 6. The number of nitrogens with one attached hydrogen (secondary N) is 1. The molecule has 1 aromatic heterocycles. The number of amides is 3. The van der Waals surface area contributed by atoms with Gasteiger partial charge in [-0.15, -0.1) is 10.2 Å². The van der Waals surface area contributed by atoms with Crippen LogP contribution in [-0.4, -0.2) is 88.4 Å². The second kappa shape index (κ2) is 10.8. The summed E-state index contributed by atoms with van der Waals surface area (Å²) >= 11 is 0.978. The van der Waals surface area contributed by atoms with E-state index in [-0.39, 0.29) is 27.7 Å². The molecule has 2 saturated heterocycles. The molecule has 33 heavy (non-hydrogen) atoms. The van der Waals surface area contributed by atoms with Crippen LogP contribution in [0.25, 0.3) is 0 Å². The van der Waals surface area contributed by atoms with E-state index in [1.807, 2.05) is 23.1 Å². The zero-order valence-corrected chi connectivity index (χ0v) is 19.7. The van der Waals surface area contributed by atoms with E-state index in [2.05, 4.69) is 27.3 Å². The van der Waals surface area contributed by atoms with Crippen LogP contribution in [0.2, 0.25) is 0 Å². The molecule has 176 valence electrons. The van der Waals surface area contributed by atoms with Gasteiger partial charge in [0.25, 0.3) is 11.8 Å². The Hall–Kier alpha value is -2.85. The number of piperidine rings is 1. The van der Waals surface area contributed by atoms with E-state index >= 15 is 0 Å². The van der Waals surface area contributed by atoms with Gasteiger partial charge >= 0.3 is 0 Å². The van der Waals surface area contributed by atoms with E-state index in [0.29, 0.717) is 18.8 Å². The van der Waals surface area contributed by atoms with Gasteiger partial charge in [-0.25, -0.2) is 0 Å². The smallest absolute Gasteiger partial charge is 0.286 e. The van der Waals surface area contributed by atoms with Gasteiger partial charge in [-0.3, -0.25) is 19.3 Å². The molecule has 0 aliphatic carbocycles. The summed E-state index contributed by atoms with van der Waals surface area (Å²) in [5, 5.41) is 10.9. The number of hydrogen-bond donors (Lipinski definition) is 1. The lowest BCUT2D eigenvalue weighted by Crippen LogP contribution is -2.53. The number of nitrogens with zero attached hydrogens (tertiary/aromatic N) is 5. The van der Waals surface area contributed by atoms with Crippen LogP contribution in [0.3, 0.4) is 0 Å². The van der Waals surface area contributed by atoms with Crippen LogP contribution >= 0.6 is 11.3 Å². The molecule has 1 aromatic carbocycles. The number of carbonyl (C=O) groups is 3. The first-order chi connectivity index (χ1) is 16.0. The Balaban J connectivity index is 1.33. The Morgan fingerprint density at radius 3 is 2.45 bits per heavy atom. The molecule has 0 radical (unpaired) electrons. The van der Waals surface area contributed by atoms with Crippen molar-refractivity contribution in [2.75, 3.05) is 51.1 Å². The number of aromatic nitrogens is 2. The predicted molar refractivity (Wildman–Crippen MR) is 126 cm³/mol. The molecule has 0 bridgehead atoms. The predicted octanol–water partition coefficient (Wildman–Crippen LogP) is 2.20. The number of benzene rings is 1. The van der Waals surface area contributed by atoms with E-state index in [1.165, 1.54) is 0 Å². The fraction of sp³-hybridized carbons (Fsp3) is 0.522. The summed E-state index contributed by atoms with van der Waals surface area (Å²) in [6.07, 6.45) is 2.69. The molecule has 1 N–H and O–H groups in total. The molecule has 0 spiro atoms. The molecule has 3 amide bonds. The highest BCUT2D eigenvalue weighted by Crippen LogP contribution is 2.23. The van der Waals surface area contributed by atoms with Crippen LogP contribution in [0.15, 0.2) is 30.3 Å². The molecule has 2 aromatic rings. The average molecular weight is 471 g/mol. The molecule has 2 aliphatic rings. The lowest BCUT2D eigenvalue weighted by atomic mass is 9.96. The molecule has 9 nitrogen and oxygen atoms in total. The molecule has 4 rings (SSSR count). The largest absolute Gasteiger partial charge is 0.340 e. The van der Waals surface area contributed by atoms with Crippen LogP contribution in [0.5, 0.6) is 0 Å². The van der Waals surface area contributed by atoms with E-state index in [0.717, 1.165) is 63.3 Å². The minimum atomic E-state index is -0.397. The van der Waals surface area contributed by atoms with Gasteiger partial charge in [0.2, 0.25) is 15.9 Å². The molecule has 10 heteroatoms. The van der Waals surface area contributed by atoms with Crippen LogP contribution in [-0.2, 0) is 4.79 Å². The second-order valence-corrected chi connectivity index (χ2v) is 9.47. The van der Waals surface area contributed by atoms with Crippen molar-refractivity contribution >= 4 is 34.7 Å². The third-order valence-corrected chi connectivity index (χ3v) is 7.03. The molecule has 0 saturated carbocycles. The van der Waals surface area contributed by atoms with Gasteiger partial charge in [0.05, 0.1) is 5.92 Å². The minimum absolute atomic E-state index is 0.136. The van der Waals surface area contributed by atoms with Crippen molar-refractivity contribution in [2.45, 2.75) is 26.2 Å². The summed E-state index contributed by atoms with van der Waals surface area (Å²) in [6.45, 7) is 7.53. The first-order valence-corrected chi connectivity index (χ1v) is 12.4. The van der Waals surface area contributed by atoms with Crippen LogP contribution in [0.1, 0.15) is 45.8 Å². The molecular weight excluding hydrogens is 440 g/mol. The lowest BCUT2D eigenvalue weighted by molar-refractivity contribution is -0.138. The highest BCUT2D eigenvalue weighted by molar-refractivity contribution is 7.15. The summed E-state index contributed by atoms with van der Waals surface area (Å²) in [6, 6.07) is 9.06. The van der Waals surface area contributed by atoms with Gasteiger partial charge in [0.15, 0.2) is 0 Å². The Morgan fingerprint density at radius 2 is 1.73 bits per heavy atom. The van der Waals surface area contributed by atoms with Gasteiger partial charge in [0.1, 0.15) is 0 Å². The van der Waals surface area contributed by atoms with Crippen molar-refractivity contribution in [3.05, 3.63) is 40.3 Å². The van der Waals surface area contributed by atoms with E-state index in [1.54, 1.807) is 17.0 Å². The summed E-state index contributed by atoms with van der Waals surface area (Å²) in [5.74, 6) is -0.707. The quantitative estimate of drug-likeness (QED) is 0.695. The lowest BCUT2D eigenvalue weighted by Gasteiger charge is -2.38. The number of carbonyl (C=O) groups excluding carboxylic acids is 3. The molecule has 1 atom stereocenters. The highest BCUT2D eigenvalue weighted by Gasteiger charge is 2.34. The summed E-state index contributed by atoms with van der Waals surface area (Å²) < 4.78 is 0. The first kappa shape index (κ1) is 23.3. The maximum atomic E-state index is 13.1. The SMILES string of the molecule is CCCN1CCN(C(=O)[C@H]2CCCN(C(=O)c3nnc(C(=O)Nc4ccccc4)s3)C2)CC1. The van der Waals surface area contributed by atoms with Crippen molar-refractivity contribution in [1.29, 1.82) is 0 Å². The summed E-state index contributed by atoms with van der Waals surface area (Å²) in [7, 11) is 0. The zero-order chi connectivity index (χ0) is 23.2. The van der Waals surface area contributed by atoms with Crippen LogP contribution in [0.4, 0.5) is 5.69 Å². The Bertz CT molecular complexity index is 974. The van der Waals surface area contributed by atoms with Gasteiger partial charge in [-0.2, -0.15) is 0 Å². The van der Waals surface area contributed by atoms with Crippen molar-refractivity contribution in [3.8, 4) is 0 Å². The number of piperazine rings is 1. The number of likely N-dealkylation sites (tertiary alicyclic amines) is 1. The number of para-hydroxylation sites is 1. The normalized spacial score (nSPS) is 19.4. The first-order valence-electron chi connectivity index (χ1n) is 11.6. The van der Waals surface area contributed by atoms with Gasteiger partial charge < -0.3 is 15.1 Å². The topological polar surface area (TPSA) is 98.7 Å². The van der Waals surface area contributed by atoms with Gasteiger partial charge in [0, 0.05) is 45.0 Å². The van der Waals surface area contributed by atoms with E-state index in [4.69, 9.17) is 0 Å². The highest BCUT2D eigenvalue weighted by atomic mass is 32.1. The van der Waals surface area contributed by atoms with E-state index < -0.39 is 5.91 Å². The summed E-state index contributed by atoms with van der Waals surface area (Å²) in [4.78, 5) is 44.5. The fourth-order valence-electron chi connectivity index (χ4n) is 4.37. The Kier molecular flexibility index (Phi) is 7.66. The number of hydrogen-bond acceptors (Lipinski definition) is 7. The van der Waals surface area contributed by atoms with E-state index in [9.17, 15) is 14.4 Å². The third-order valence-electron chi connectivity index (χ3n) is 6.12. The standard InChI is InChI=1S/C23H30N6O3S/c1-2-10-27-12-14-28(15-13-27)22(31)17-7-6-11-29(16-17)23(32)21-26-25-20(33-21)19(30)24-18-8-4-3-5-9-18/h3-5,8-9,17H,2,6-7,10-16H2,1H3,(H,24,30)/t17-/m0/s1. The molecule has 2 aliphatic heterocycles. The maximum Gasteiger partial charge on any atom is 0.286 e. The Labute approximate surface area is 197 Å². The van der Waals surface area contributed by atoms with Crippen molar-refractivity contribution < 1.29 is 14.4 Å². The second-order valence-electron chi connectivity index (χ2n) is 8.49. The number of anilines is 1. The molecular formula is C23H30N6O3S. The fourth-order valence-corrected chi connectivity index (χ4v) is 5.08. The third kappa shape index (κ3) is 5.75. The van der Waals surface area contributed by atoms with Gasteiger partial charge in [-0.1, -0.05) is 36.5 Å². The van der Waals surface area contributed by atoms with Crippen LogP contribution < -0.4 is 5.32 Å². The summed E-state index contributed by atoms with van der Waals surface area (Å²) in [5.41, 5.74) is 0.651. The molecule has 2 fully saturated rings. The Morgan fingerprint density at radius 1 is 1.00 bits per heavy atom. The zero-order valence-electron chi connectivity index (χ0n) is 18.9.